The van der Waals surface area contributed by atoms with Gasteiger partial charge in [0.15, 0.2) is 0 Å². The molecule has 4 heteroatoms. The maximum Gasteiger partial charge on any atom is 0.300 e. The fraction of sp³-hybridized carbons (Fsp3) is 0.0714. The van der Waals surface area contributed by atoms with E-state index in [0.29, 0.717) is 11.5 Å². The number of rotatable bonds is 4. The van der Waals surface area contributed by atoms with Crippen LogP contribution in [0.15, 0.2) is 54.6 Å². The van der Waals surface area contributed by atoms with Gasteiger partial charge >= 0.3 is 6.43 Å². The summed E-state index contributed by atoms with van der Waals surface area (Å²) in [5.74, 6) is -0.0429. The number of carbonyl (C=O) groups is 1. The molecule has 0 N–H and O–H groups in total. The van der Waals surface area contributed by atoms with Crippen LogP contribution in [-0.4, -0.2) is 12.2 Å². The van der Waals surface area contributed by atoms with Crippen LogP contribution < -0.4 is 4.74 Å². The summed E-state index contributed by atoms with van der Waals surface area (Å²) in [5.41, 5.74) is -0.0228. The van der Waals surface area contributed by atoms with E-state index in [-0.39, 0.29) is 5.56 Å². The molecule has 0 aliphatic heterocycles. The molecule has 0 spiro atoms. The van der Waals surface area contributed by atoms with E-state index >= 15 is 0 Å². The number of ketones is 1. The van der Waals surface area contributed by atoms with Gasteiger partial charge in [-0.25, -0.2) is 8.78 Å². The van der Waals surface area contributed by atoms with Crippen molar-refractivity contribution in [3.63, 3.8) is 0 Å². The van der Waals surface area contributed by atoms with Crippen LogP contribution in [0.3, 0.4) is 0 Å². The van der Waals surface area contributed by atoms with Gasteiger partial charge < -0.3 is 4.74 Å². The summed E-state index contributed by atoms with van der Waals surface area (Å²) in [6.45, 7) is 0. The fourth-order valence-corrected chi connectivity index (χ4v) is 1.44. The Hall–Kier alpha value is -2.23. The SMILES string of the molecule is O=C(c1ccc(Oc2ccccc2)cc1)C(F)F. The Morgan fingerprint density at radius 1 is 0.889 bits per heavy atom. The molecule has 0 saturated carbocycles. The Kier molecular flexibility index (Phi) is 3.67. The molecule has 92 valence electrons. The number of alkyl halides is 2. The van der Waals surface area contributed by atoms with Gasteiger partial charge in [-0.3, -0.25) is 4.79 Å². The molecule has 0 radical (unpaired) electrons. The van der Waals surface area contributed by atoms with Crippen molar-refractivity contribution >= 4 is 5.78 Å². The van der Waals surface area contributed by atoms with Gasteiger partial charge in [0.1, 0.15) is 11.5 Å². The van der Waals surface area contributed by atoms with Crippen LogP contribution >= 0.6 is 0 Å². The van der Waals surface area contributed by atoms with Crippen LogP contribution in [-0.2, 0) is 0 Å². The maximum atomic E-state index is 12.2. The third kappa shape index (κ3) is 2.91. The highest BCUT2D eigenvalue weighted by molar-refractivity contribution is 5.98. The molecule has 0 amide bonds. The lowest BCUT2D eigenvalue weighted by molar-refractivity contribution is 0.0678. The minimum absolute atomic E-state index is 0.0228. The third-order valence-corrected chi connectivity index (χ3v) is 2.32. The van der Waals surface area contributed by atoms with Crippen LogP contribution in [0.2, 0.25) is 0 Å². The molecule has 0 aromatic heterocycles. The molecule has 2 rings (SSSR count). The number of hydrogen-bond donors (Lipinski definition) is 0. The van der Waals surface area contributed by atoms with E-state index in [9.17, 15) is 13.6 Å². The lowest BCUT2D eigenvalue weighted by atomic mass is 10.1. The highest BCUT2D eigenvalue weighted by Gasteiger charge is 2.17. The van der Waals surface area contributed by atoms with E-state index < -0.39 is 12.2 Å². The molecular formula is C14H10F2O2. The number of hydrogen-bond acceptors (Lipinski definition) is 2. The van der Waals surface area contributed by atoms with E-state index in [2.05, 4.69) is 0 Å². The second-order valence-corrected chi connectivity index (χ2v) is 3.60. The first kappa shape index (κ1) is 12.2. The van der Waals surface area contributed by atoms with Crippen molar-refractivity contribution in [3.8, 4) is 11.5 Å². The molecule has 0 aliphatic carbocycles. The predicted octanol–water partition coefficient (Wildman–Crippen LogP) is 3.93. The van der Waals surface area contributed by atoms with Crippen molar-refractivity contribution in [1.82, 2.24) is 0 Å². The van der Waals surface area contributed by atoms with Crippen molar-refractivity contribution in [2.24, 2.45) is 0 Å². The van der Waals surface area contributed by atoms with Gasteiger partial charge in [-0.2, -0.15) is 0 Å². The highest BCUT2D eigenvalue weighted by atomic mass is 19.3. The molecule has 0 saturated heterocycles. The molecule has 0 unspecified atom stereocenters. The molecule has 0 atom stereocenters. The lowest BCUT2D eigenvalue weighted by Crippen LogP contribution is -2.09. The number of ether oxygens (including phenoxy) is 1. The van der Waals surface area contributed by atoms with Gasteiger partial charge in [0.05, 0.1) is 0 Å². The summed E-state index contributed by atoms with van der Waals surface area (Å²) in [5, 5.41) is 0. The maximum absolute atomic E-state index is 12.2. The average molecular weight is 248 g/mol. The summed E-state index contributed by atoms with van der Waals surface area (Å²) in [6.07, 6.45) is -2.98. The Labute approximate surface area is 103 Å². The van der Waals surface area contributed by atoms with E-state index in [1.54, 1.807) is 12.1 Å². The van der Waals surface area contributed by atoms with Gasteiger partial charge in [0.25, 0.3) is 0 Å². The van der Waals surface area contributed by atoms with Crippen molar-refractivity contribution in [1.29, 1.82) is 0 Å². The Morgan fingerprint density at radius 2 is 1.44 bits per heavy atom. The molecule has 2 aromatic rings. The Morgan fingerprint density at radius 3 is 2.00 bits per heavy atom. The molecule has 0 bridgehead atoms. The summed E-state index contributed by atoms with van der Waals surface area (Å²) in [6, 6.07) is 14.7. The zero-order valence-corrected chi connectivity index (χ0v) is 9.35. The zero-order chi connectivity index (χ0) is 13.0. The molecule has 0 heterocycles. The normalized spacial score (nSPS) is 10.4. The first-order valence-electron chi connectivity index (χ1n) is 5.32. The number of benzene rings is 2. The number of para-hydroxylation sites is 1. The summed E-state index contributed by atoms with van der Waals surface area (Å²) in [4.78, 5) is 11.0. The topological polar surface area (TPSA) is 26.3 Å². The highest BCUT2D eigenvalue weighted by Crippen LogP contribution is 2.21. The van der Waals surface area contributed by atoms with Gasteiger partial charge in [0.2, 0.25) is 5.78 Å². The monoisotopic (exact) mass is 248 g/mol. The predicted molar refractivity (Wildman–Crippen MR) is 63.3 cm³/mol. The number of Topliss-reactive ketones (excluding diaryl/α,β-unsaturated/α-hetero) is 1. The van der Waals surface area contributed by atoms with E-state index in [4.69, 9.17) is 4.74 Å². The largest absolute Gasteiger partial charge is 0.457 e. The first-order valence-corrected chi connectivity index (χ1v) is 5.32. The third-order valence-electron chi connectivity index (χ3n) is 2.32. The summed E-state index contributed by atoms with van der Waals surface area (Å²) in [7, 11) is 0. The van der Waals surface area contributed by atoms with Crippen LogP contribution in [0.4, 0.5) is 8.78 Å². The van der Waals surface area contributed by atoms with Gasteiger partial charge in [0, 0.05) is 5.56 Å². The Balaban J connectivity index is 2.11. The van der Waals surface area contributed by atoms with Crippen molar-refractivity contribution < 1.29 is 18.3 Å². The van der Waals surface area contributed by atoms with Crippen molar-refractivity contribution in [2.45, 2.75) is 6.43 Å². The van der Waals surface area contributed by atoms with E-state index in [1.165, 1.54) is 24.3 Å². The van der Waals surface area contributed by atoms with Crippen LogP contribution in [0.25, 0.3) is 0 Å². The number of carbonyl (C=O) groups excluding carboxylic acids is 1. The van der Waals surface area contributed by atoms with Gasteiger partial charge in [-0.05, 0) is 36.4 Å². The standard InChI is InChI=1S/C14H10F2O2/c15-14(16)13(17)10-6-8-12(9-7-10)18-11-4-2-1-3-5-11/h1-9,14H. The van der Waals surface area contributed by atoms with E-state index in [1.807, 2.05) is 18.2 Å². The molecule has 0 aliphatic rings. The summed E-state index contributed by atoms with van der Waals surface area (Å²) < 4.78 is 29.8. The first-order chi connectivity index (χ1) is 8.66. The molecule has 18 heavy (non-hydrogen) atoms. The Bertz CT molecular complexity index is 521. The molecule has 0 fully saturated rings. The molecular weight excluding hydrogens is 238 g/mol. The summed E-state index contributed by atoms with van der Waals surface area (Å²) >= 11 is 0. The molecule has 2 aromatic carbocycles. The van der Waals surface area contributed by atoms with E-state index in [0.717, 1.165) is 0 Å². The van der Waals surface area contributed by atoms with Crippen molar-refractivity contribution in [3.05, 3.63) is 60.2 Å². The second-order valence-electron chi connectivity index (χ2n) is 3.60. The van der Waals surface area contributed by atoms with Crippen LogP contribution in [0, 0.1) is 0 Å². The minimum atomic E-state index is -2.98. The molecule has 2 nitrogen and oxygen atoms in total. The van der Waals surface area contributed by atoms with Crippen LogP contribution in [0.5, 0.6) is 11.5 Å². The minimum Gasteiger partial charge on any atom is -0.457 e. The fourth-order valence-electron chi connectivity index (χ4n) is 1.44. The second kappa shape index (κ2) is 5.40. The average Bonchev–Trinajstić information content (AvgIpc) is 2.40. The number of halogens is 2. The van der Waals surface area contributed by atoms with Crippen LogP contribution in [0.1, 0.15) is 10.4 Å². The van der Waals surface area contributed by atoms with Gasteiger partial charge in [-0.15, -0.1) is 0 Å². The lowest BCUT2D eigenvalue weighted by Gasteiger charge is -2.06. The smallest absolute Gasteiger partial charge is 0.300 e. The quantitative estimate of drug-likeness (QED) is 0.766. The zero-order valence-electron chi connectivity index (χ0n) is 9.35. The van der Waals surface area contributed by atoms with Gasteiger partial charge in [-0.1, -0.05) is 18.2 Å². The van der Waals surface area contributed by atoms with Crippen molar-refractivity contribution in [2.75, 3.05) is 0 Å².